The zero-order valence-corrected chi connectivity index (χ0v) is 12.8. The van der Waals surface area contributed by atoms with Crippen LogP contribution in [0, 0.1) is 29.1 Å². The molecule has 0 saturated heterocycles. The number of rotatable bonds is 3. The van der Waals surface area contributed by atoms with Gasteiger partial charge in [0, 0.05) is 6.42 Å². The van der Waals surface area contributed by atoms with Crippen molar-refractivity contribution in [3.63, 3.8) is 0 Å². The van der Waals surface area contributed by atoms with E-state index >= 15 is 0 Å². The lowest BCUT2D eigenvalue weighted by Crippen LogP contribution is -2.41. The molecule has 2 saturated carbocycles. The molecule has 2 fully saturated rings. The highest BCUT2D eigenvalue weighted by Crippen LogP contribution is 2.58. The molecule has 2 heteroatoms. The van der Waals surface area contributed by atoms with Crippen molar-refractivity contribution in [2.75, 3.05) is 0 Å². The van der Waals surface area contributed by atoms with Crippen molar-refractivity contribution in [2.24, 2.45) is 29.1 Å². The Morgan fingerprint density at radius 1 is 1.40 bits per heavy atom. The summed E-state index contributed by atoms with van der Waals surface area (Å²) in [7, 11) is 0. The molecule has 0 aromatic rings. The number of allylic oxidation sites excluding steroid dienone is 2. The molecule has 0 aliphatic heterocycles. The van der Waals surface area contributed by atoms with Crippen molar-refractivity contribution >= 4 is 5.78 Å². The van der Waals surface area contributed by atoms with Crippen molar-refractivity contribution in [1.29, 1.82) is 0 Å². The van der Waals surface area contributed by atoms with Gasteiger partial charge in [0.15, 0.2) is 5.78 Å². The van der Waals surface area contributed by atoms with Crippen LogP contribution in [0.1, 0.15) is 58.8 Å². The van der Waals surface area contributed by atoms with Gasteiger partial charge in [0.05, 0.1) is 6.10 Å². The summed E-state index contributed by atoms with van der Waals surface area (Å²) in [6.07, 6.45) is 11.6. The molecule has 0 aromatic heterocycles. The van der Waals surface area contributed by atoms with E-state index in [1.54, 1.807) is 6.08 Å². The highest BCUT2D eigenvalue weighted by Gasteiger charge is 2.52. The van der Waals surface area contributed by atoms with Crippen molar-refractivity contribution in [3.8, 4) is 0 Å². The fourth-order valence-corrected chi connectivity index (χ4v) is 5.57. The molecule has 3 aliphatic rings. The van der Waals surface area contributed by atoms with Crippen LogP contribution < -0.4 is 0 Å². The number of aliphatic hydroxyl groups excluding tert-OH is 1. The molecule has 3 aliphatic carbocycles. The fraction of sp³-hybridized carbons (Fsp3) is 0.833. The SMILES string of the molecule is C[C@H](CC1C=CC(=O)C1)C1CC[C@H]2C(O)CCCC12C. The quantitative estimate of drug-likeness (QED) is 0.852. The minimum atomic E-state index is -0.0705. The van der Waals surface area contributed by atoms with E-state index in [0.29, 0.717) is 29.0 Å². The van der Waals surface area contributed by atoms with Gasteiger partial charge in [-0.3, -0.25) is 4.79 Å². The fourth-order valence-electron chi connectivity index (χ4n) is 5.57. The van der Waals surface area contributed by atoms with Gasteiger partial charge in [-0.05, 0) is 67.3 Å². The van der Waals surface area contributed by atoms with E-state index in [-0.39, 0.29) is 6.10 Å². The Morgan fingerprint density at radius 3 is 2.90 bits per heavy atom. The topological polar surface area (TPSA) is 37.3 Å². The summed E-state index contributed by atoms with van der Waals surface area (Å²) >= 11 is 0. The maximum absolute atomic E-state index is 11.4. The van der Waals surface area contributed by atoms with Crippen LogP contribution in [0.3, 0.4) is 0 Å². The second-order valence-electron chi connectivity index (χ2n) is 7.76. The Balaban J connectivity index is 1.67. The lowest BCUT2D eigenvalue weighted by Gasteiger charge is -2.45. The van der Waals surface area contributed by atoms with E-state index < -0.39 is 0 Å². The molecule has 1 N–H and O–H groups in total. The molecule has 20 heavy (non-hydrogen) atoms. The van der Waals surface area contributed by atoms with Crippen LogP contribution in [0.25, 0.3) is 0 Å². The first-order chi connectivity index (χ1) is 9.50. The zero-order valence-electron chi connectivity index (χ0n) is 12.8. The Bertz CT molecular complexity index is 414. The summed E-state index contributed by atoms with van der Waals surface area (Å²) in [5, 5.41) is 10.3. The van der Waals surface area contributed by atoms with Crippen LogP contribution in [-0.4, -0.2) is 17.0 Å². The van der Waals surface area contributed by atoms with Gasteiger partial charge in [-0.25, -0.2) is 0 Å². The third kappa shape index (κ3) is 2.36. The van der Waals surface area contributed by atoms with Crippen molar-refractivity contribution in [1.82, 2.24) is 0 Å². The zero-order chi connectivity index (χ0) is 14.3. The van der Waals surface area contributed by atoms with E-state index in [2.05, 4.69) is 19.9 Å². The third-order valence-corrected chi connectivity index (χ3v) is 6.54. The highest BCUT2D eigenvalue weighted by atomic mass is 16.3. The van der Waals surface area contributed by atoms with Crippen LogP contribution in [0.5, 0.6) is 0 Å². The predicted molar refractivity (Wildman–Crippen MR) is 80.2 cm³/mol. The number of hydrogen-bond donors (Lipinski definition) is 1. The van der Waals surface area contributed by atoms with Gasteiger partial charge < -0.3 is 5.11 Å². The molecule has 0 spiro atoms. The van der Waals surface area contributed by atoms with Crippen molar-refractivity contribution in [2.45, 2.75) is 64.9 Å². The Labute approximate surface area is 122 Å². The predicted octanol–water partition coefficient (Wildman–Crippen LogP) is 3.74. The molecule has 0 aromatic carbocycles. The minimum Gasteiger partial charge on any atom is -0.393 e. The molecule has 112 valence electrons. The lowest BCUT2D eigenvalue weighted by molar-refractivity contribution is -0.114. The van der Waals surface area contributed by atoms with Crippen molar-refractivity contribution < 1.29 is 9.90 Å². The number of ketones is 1. The van der Waals surface area contributed by atoms with E-state index in [4.69, 9.17) is 0 Å². The van der Waals surface area contributed by atoms with Crippen LogP contribution in [0.15, 0.2) is 12.2 Å². The first kappa shape index (κ1) is 14.3. The van der Waals surface area contributed by atoms with Gasteiger partial charge >= 0.3 is 0 Å². The van der Waals surface area contributed by atoms with Gasteiger partial charge in [-0.1, -0.05) is 26.3 Å². The van der Waals surface area contributed by atoms with E-state index in [9.17, 15) is 9.90 Å². The molecule has 6 atom stereocenters. The number of aliphatic hydroxyl groups is 1. The minimum absolute atomic E-state index is 0.0705. The second kappa shape index (κ2) is 5.29. The number of carbonyl (C=O) groups is 1. The second-order valence-corrected chi connectivity index (χ2v) is 7.76. The van der Waals surface area contributed by atoms with Crippen LogP contribution in [0.2, 0.25) is 0 Å². The maximum atomic E-state index is 11.4. The van der Waals surface area contributed by atoms with E-state index in [1.807, 2.05) is 0 Å². The van der Waals surface area contributed by atoms with E-state index in [0.717, 1.165) is 25.2 Å². The smallest absolute Gasteiger partial charge is 0.155 e. The summed E-state index contributed by atoms with van der Waals surface area (Å²) in [6, 6.07) is 0. The normalized spacial score (nSPS) is 45.6. The summed E-state index contributed by atoms with van der Waals surface area (Å²) in [6.45, 7) is 4.79. The highest BCUT2D eigenvalue weighted by molar-refractivity contribution is 5.92. The Morgan fingerprint density at radius 2 is 2.20 bits per heavy atom. The molecule has 2 nitrogen and oxygen atoms in total. The van der Waals surface area contributed by atoms with Crippen LogP contribution in [0.4, 0.5) is 0 Å². The Hall–Kier alpha value is -0.630. The molecule has 3 rings (SSSR count). The largest absolute Gasteiger partial charge is 0.393 e. The van der Waals surface area contributed by atoms with Gasteiger partial charge in [0.1, 0.15) is 0 Å². The average Bonchev–Trinajstić information content (AvgIpc) is 2.93. The Kier molecular flexibility index (Phi) is 3.79. The third-order valence-electron chi connectivity index (χ3n) is 6.54. The monoisotopic (exact) mass is 276 g/mol. The molecule has 4 unspecified atom stereocenters. The van der Waals surface area contributed by atoms with Crippen molar-refractivity contribution in [3.05, 3.63) is 12.2 Å². The van der Waals surface area contributed by atoms with Crippen LogP contribution in [-0.2, 0) is 4.79 Å². The molecular formula is C18H28O2. The molecule has 0 bridgehead atoms. The summed E-state index contributed by atoms with van der Waals surface area (Å²) in [4.78, 5) is 11.4. The van der Waals surface area contributed by atoms with E-state index in [1.165, 1.54) is 25.7 Å². The maximum Gasteiger partial charge on any atom is 0.155 e. The number of hydrogen-bond acceptors (Lipinski definition) is 2. The van der Waals surface area contributed by atoms with Gasteiger partial charge in [0.2, 0.25) is 0 Å². The molecular weight excluding hydrogens is 248 g/mol. The summed E-state index contributed by atoms with van der Waals surface area (Å²) in [5.41, 5.74) is 0.337. The lowest BCUT2D eigenvalue weighted by atomic mass is 9.61. The van der Waals surface area contributed by atoms with Gasteiger partial charge in [0.25, 0.3) is 0 Å². The summed E-state index contributed by atoms with van der Waals surface area (Å²) in [5.74, 6) is 2.67. The standard InChI is InChI=1S/C18H28O2/c1-12(10-13-5-6-14(19)11-13)15-7-8-16-17(20)4-3-9-18(15,16)2/h5-6,12-13,15-17,20H,3-4,7-11H2,1-2H3/t12-,13?,15?,16+,17?,18?/m1/s1. The first-order valence-electron chi connectivity index (χ1n) is 8.40. The van der Waals surface area contributed by atoms with Crippen LogP contribution >= 0.6 is 0 Å². The molecule has 0 radical (unpaired) electrons. The molecule has 0 amide bonds. The number of fused-ring (bicyclic) bond motifs is 1. The average molecular weight is 276 g/mol. The van der Waals surface area contributed by atoms with Gasteiger partial charge in [-0.2, -0.15) is 0 Å². The number of carbonyl (C=O) groups excluding carboxylic acids is 1. The summed E-state index contributed by atoms with van der Waals surface area (Å²) < 4.78 is 0. The first-order valence-corrected chi connectivity index (χ1v) is 8.40. The van der Waals surface area contributed by atoms with Gasteiger partial charge in [-0.15, -0.1) is 0 Å². The molecule has 0 heterocycles.